The van der Waals surface area contributed by atoms with Crippen LogP contribution in [0.3, 0.4) is 0 Å². The molecule has 0 aliphatic carbocycles. The Balaban J connectivity index is 0.000000146. The lowest BCUT2D eigenvalue weighted by Gasteiger charge is -2.22. The molecule has 5 aliphatic heterocycles. The van der Waals surface area contributed by atoms with E-state index in [2.05, 4.69) is 119 Å². The molecule has 4 unspecified atom stereocenters. The molecule has 5 aliphatic rings. The number of nitrogen functional groups attached to an aromatic ring is 1. The zero-order valence-corrected chi connectivity index (χ0v) is 63.4. The minimum Gasteiger partial charge on any atom is -0.444 e. The van der Waals surface area contributed by atoms with E-state index in [1.54, 1.807) is 75.5 Å². The Kier molecular flexibility index (Phi) is 29.4. The van der Waals surface area contributed by atoms with Gasteiger partial charge in [-0.2, -0.15) is 0 Å². The molecule has 14 rings (SSSR count). The number of rotatable bonds is 26. The van der Waals surface area contributed by atoms with Crippen LogP contribution >= 0.6 is 0 Å². The molecule has 9 N–H and O–H groups in total. The largest absolute Gasteiger partial charge is 0.444 e. The van der Waals surface area contributed by atoms with Crippen molar-refractivity contribution in [1.29, 1.82) is 0 Å². The van der Waals surface area contributed by atoms with Crippen molar-refractivity contribution in [2.75, 3.05) is 63.5 Å². The summed E-state index contributed by atoms with van der Waals surface area (Å²) in [5.74, 6) is 0.283. The zero-order valence-electron chi connectivity index (χ0n) is 63.4. The summed E-state index contributed by atoms with van der Waals surface area (Å²) >= 11 is 0. The molecule has 9 aromatic rings. The number of aliphatic hydroxyl groups excluding tert-OH is 4. The number of fused-ring (bicyclic) bond motifs is 4. The first-order valence-corrected chi connectivity index (χ1v) is 38.3. The number of Topliss-reactive ketones (excluding diaryl/α,β-unsaturated/α-hetero) is 2. The second-order valence-electron chi connectivity index (χ2n) is 30.3. The third-order valence-corrected chi connectivity index (χ3v) is 20.1. The summed E-state index contributed by atoms with van der Waals surface area (Å²) in [6.07, 6.45) is 3.55. The fourth-order valence-corrected chi connectivity index (χ4v) is 14.5. The van der Waals surface area contributed by atoms with Crippen LogP contribution < -0.4 is 21.7 Å². The first kappa shape index (κ1) is 80.9. The summed E-state index contributed by atoms with van der Waals surface area (Å²) < 4.78 is 10.7. The van der Waals surface area contributed by atoms with Crippen LogP contribution in [-0.2, 0) is 68.3 Å². The van der Waals surface area contributed by atoms with E-state index in [0.717, 1.165) is 96.1 Å². The van der Waals surface area contributed by atoms with Crippen LogP contribution in [0.15, 0.2) is 219 Å². The predicted molar refractivity (Wildman–Crippen MR) is 429 cm³/mol. The van der Waals surface area contributed by atoms with Crippen molar-refractivity contribution in [1.82, 2.24) is 35.2 Å². The summed E-state index contributed by atoms with van der Waals surface area (Å²) in [5, 5.41) is 49.6. The average Bonchev–Trinajstić information content (AvgIpc) is 1.64. The number of carbonyl (C=O) groups excluding carboxylic acids is 5. The van der Waals surface area contributed by atoms with Gasteiger partial charge in [0.15, 0.2) is 11.6 Å². The fraction of sp³-hybridized carbons (Fsp3) is 0.356. The highest BCUT2D eigenvalue weighted by atomic mass is 16.6. The van der Waals surface area contributed by atoms with E-state index in [4.69, 9.17) is 15.2 Å². The number of nitrogens with zero attached hydrogens (tertiary/aromatic N) is 5. The van der Waals surface area contributed by atoms with Gasteiger partial charge in [0, 0.05) is 163 Å². The Bertz CT molecular complexity index is 4430. The first-order chi connectivity index (χ1) is 53.2. The van der Waals surface area contributed by atoms with Gasteiger partial charge in [0.2, 0.25) is 0 Å². The minimum atomic E-state index is -0.602. The van der Waals surface area contributed by atoms with E-state index in [9.17, 15) is 44.4 Å². The second kappa shape index (κ2) is 40.0. The third kappa shape index (κ3) is 25.2. The molecule has 4 atom stereocenters. The molecule has 0 radical (unpaired) electrons. The van der Waals surface area contributed by atoms with Crippen LogP contribution in [-0.4, -0.2) is 157 Å². The van der Waals surface area contributed by atoms with Gasteiger partial charge in [-0.3, -0.25) is 49.1 Å². The number of aliphatic hydroxyl groups is 4. The van der Waals surface area contributed by atoms with Crippen LogP contribution in [0.5, 0.6) is 0 Å². The summed E-state index contributed by atoms with van der Waals surface area (Å²) in [4.78, 5) is 74.8. The Labute approximate surface area is 646 Å². The SMILES string of the molecule is CC(C)(C)OC(=O)Nc1cccc(C(=O)CCC(O)CN2Cc3ccccc3C2)c1.Nc1cccc(C(=O)NCC(O)CN2Cc3ccccc3C2)c1.O=C(CCC(O)CN1Cc2ccccc2C1)c1cccc(-c2ccccn2)c1.O=C(NCC(O)CN1Cc2ccccc2C1)c1cccc(CC2CCOCC2)c1. The monoisotopic (exact) mass is 1490 g/mol. The Morgan fingerprint density at radius 1 is 0.473 bits per heavy atom. The second-order valence-corrected chi connectivity index (χ2v) is 30.3. The molecule has 1 saturated heterocycles. The van der Waals surface area contributed by atoms with Crippen molar-refractivity contribution in [3.05, 3.63) is 291 Å². The highest BCUT2D eigenvalue weighted by molar-refractivity contribution is 5.98. The van der Waals surface area contributed by atoms with Crippen molar-refractivity contribution in [3.63, 3.8) is 0 Å². The summed E-state index contributed by atoms with van der Waals surface area (Å²) in [6.45, 7) is 16.6. The molecular weight excluding hydrogens is 1380 g/mol. The number of nitrogens with one attached hydrogen (secondary N) is 3. The minimum absolute atomic E-state index is 0.0570. The van der Waals surface area contributed by atoms with Gasteiger partial charge < -0.3 is 46.3 Å². The molecule has 576 valence electrons. The maximum atomic E-state index is 12.6. The Morgan fingerprint density at radius 2 is 0.873 bits per heavy atom. The molecule has 0 bridgehead atoms. The number of carbonyl (C=O) groups is 5. The maximum absolute atomic E-state index is 12.6. The Hall–Kier alpha value is -10.1. The van der Waals surface area contributed by atoms with Gasteiger partial charge in [0.05, 0.1) is 30.1 Å². The smallest absolute Gasteiger partial charge is 0.412 e. The van der Waals surface area contributed by atoms with Crippen LogP contribution in [0.4, 0.5) is 16.2 Å². The van der Waals surface area contributed by atoms with Crippen molar-refractivity contribution in [2.24, 2.45) is 5.92 Å². The van der Waals surface area contributed by atoms with Crippen LogP contribution in [0, 0.1) is 5.92 Å². The van der Waals surface area contributed by atoms with E-state index >= 15 is 0 Å². The number of amides is 3. The van der Waals surface area contributed by atoms with Crippen molar-refractivity contribution in [3.8, 4) is 11.3 Å². The summed E-state index contributed by atoms with van der Waals surface area (Å²) in [6, 6.07) is 68.1. The number of anilines is 2. The molecule has 3 amide bonds. The maximum Gasteiger partial charge on any atom is 0.412 e. The number of β-amino-alcohol motifs (C(OH)–C–C–N with tert-alkyl or cyclic N) is 4. The van der Waals surface area contributed by atoms with Gasteiger partial charge in [-0.05, 0) is 170 Å². The quantitative estimate of drug-likeness (QED) is 0.0185. The number of benzene rings is 8. The predicted octanol–water partition coefficient (Wildman–Crippen LogP) is 12.6. The number of aromatic nitrogens is 1. The normalized spacial score (nSPS) is 15.8. The summed E-state index contributed by atoms with van der Waals surface area (Å²) in [7, 11) is 0. The highest BCUT2D eigenvalue weighted by Crippen LogP contribution is 2.29. The van der Waals surface area contributed by atoms with Gasteiger partial charge in [-0.25, -0.2) is 4.79 Å². The number of hydrogen-bond acceptors (Lipinski definition) is 17. The lowest BCUT2D eigenvalue weighted by molar-refractivity contribution is 0.0634. The number of pyridine rings is 1. The molecule has 110 heavy (non-hydrogen) atoms. The van der Waals surface area contributed by atoms with E-state index < -0.39 is 36.1 Å². The van der Waals surface area contributed by atoms with Gasteiger partial charge in [-0.15, -0.1) is 0 Å². The van der Waals surface area contributed by atoms with E-state index in [1.807, 2.05) is 84.9 Å². The molecule has 20 heteroatoms. The topological polar surface area (TPSA) is 273 Å². The molecule has 8 aromatic carbocycles. The van der Waals surface area contributed by atoms with Crippen molar-refractivity contribution < 1.29 is 53.9 Å². The molecular formula is C90H105N9O11. The third-order valence-electron chi connectivity index (χ3n) is 20.1. The van der Waals surface area contributed by atoms with Gasteiger partial charge >= 0.3 is 6.09 Å². The fourth-order valence-electron chi connectivity index (χ4n) is 14.5. The first-order valence-electron chi connectivity index (χ1n) is 38.3. The zero-order chi connectivity index (χ0) is 77.4. The van der Waals surface area contributed by atoms with Crippen LogP contribution in [0.25, 0.3) is 11.3 Å². The number of ether oxygens (including phenoxy) is 2. The van der Waals surface area contributed by atoms with Gasteiger partial charge in [-0.1, -0.05) is 152 Å². The molecule has 1 aromatic heterocycles. The number of nitrogens with two attached hydrogens (primary N) is 1. The standard InChI is InChI=1S/C24H30N2O4.C24H30N2O3.C24H24N2O2.C18H21N3O2/c1-24(2,3)30-23(29)25-20-10-6-9-17(13-20)22(28)12-11-21(27)16-26-14-18-7-4-5-8-19(18)15-26;27-23(17-26-15-21-5-1-2-6-22(21)16-26)14-25-24(28)20-7-3-4-19(13-20)12-18-8-10-29-11-9-18;27-22(17-26-15-20-6-1-2-7-21(20)16-26)11-12-24(28)19-9-5-8-18(14-19)23-10-3-4-13-25-23;19-16-7-3-6-13(8-16)18(23)20-9-17(22)12-21-10-14-4-1-2-5-15(14)11-21/h4-10,13,21,27H,11-12,14-16H2,1-3H3,(H,25,29);1-7,13,18,23,27H,8-12,14-17H2,(H,25,28);1-10,13-14,22,27H,11-12,15-17H2;1-8,17,22H,9-12,19H2,(H,20,23). The van der Waals surface area contributed by atoms with E-state index in [-0.39, 0.29) is 42.9 Å². The van der Waals surface area contributed by atoms with Crippen LogP contribution in [0.2, 0.25) is 0 Å². The van der Waals surface area contributed by atoms with E-state index in [1.165, 1.54) is 50.1 Å². The summed E-state index contributed by atoms with van der Waals surface area (Å²) in [5.41, 5.74) is 22.0. The molecule has 0 saturated carbocycles. The van der Waals surface area contributed by atoms with E-state index in [0.29, 0.717) is 85.0 Å². The average molecular weight is 1490 g/mol. The van der Waals surface area contributed by atoms with Crippen molar-refractivity contribution in [2.45, 2.75) is 148 Å². The molecule has 20 nitrogen and oxygen atoms in total. The number of ketones is 2. The lowest BCUT2D eigenvalue weighted by Crippen LogP contribution is -2.38. The number of hydrogen-bond donors (Lipinski definition) is 8. The highest BCUT2D eigenvalue weighted by Gasteiger charge is 2.27. The van der Waals surface area contributed by atoms with Gasteiger partial charge in [0.1, 0.15) is 5.60 Å². The Morgan fingerprint density at radius 3 is 1.31 bits per heavy atom. The molecule has 0 spiro atoms. The molecule has 1 fully saturated rings. The molecule has 6 heterocycles. The van der Waals surface area contributed by atoms with Gasteiger partial charge in [0.25, 0.3) is 11.8 Å². The van der Waals surface area contributed by atoms with Crippen LogP contribution in [0.1, 0.15) is 151 Å². The van der Waals surface area contributed by atoms with Crippen molar-refractivity contribution >= 4 is 40.8 Å². The lowest BCUT2D eigenvalue weighted by atomic mass is 9.92.